The summed E-state index contributed by atoms with van der Waals surface area (Å²) in [6, 6.07) is 15.3. The molecular weight excluding hydrogens is 478 g/mol. The normalized spacial score (nSPS) is 23.1. The van der Waals surface area contributed by atoms with E-state index in [0.29, 0.717) is 19.0 Å². The number of hydroxylamine groups is 3. The molecule has 3 aromatic rings. The van der Waals surface area contributed by atoms with Gasteiger partial charge in [-0.2, -0.15) is 0 Å². The third-order valence-electron chi connectivity index (χ3n) is 9.25. The minimum absolute atomic E-state index is 0.0866. The van der Waals surface area contributed by atoms with E-state index >= 15 is 0 Å². The Balaban J connectivity index is 1.39. The first kappa shape index (κ1) is 25.0. The van der Waals surface area contributed by atoms with Gasteiger partial charge in [-0.05, 0) is 86.6 Å². The van der Waals surface area contributed by atoms with E-state index < -0.39 is 0 Å². The highest BCUT2D eigenvalue weighted by molar-refractivity contribution is 7.98. The van der Waals surface area contributed by atoms with Crippen molar-refractivity contribution in [3.63, 3.8) is 0 Å². The maximum absolute atomic E-state index is 14.1. The minimum atomic E-state index is -0.0866. The Morgan fingerprint density at radius 3 is 2.49 bits per heavy atom. The van der Waals surface area contributed by atoms with E-state index in [1.54, 1.807) is 11.8 Å². The highest BCUT2D eigenvalue weighted by Crippen LogP contribution is 2.39. The molecule has 196 valence electrons. The molecule has 1 unspecified atom stereocenters. The predicted octanol–water partition coefficient (Wildman–Crippen LogP) is 6.60. The first-order chi connectivity index (χ1) is 17.9. The van der Waals surface area contributed by atoms with Crippen molar-refractivity contribution >= 4 is 28.6 Å². The molecule has 5 nitrogen and oxygen atoms in total. The molecule has 1 saturated carbocycles. The van der Waals surface area contributed by atoms with Gasteiger partial charge in [0.05, 0.1) is 12.6 Å². The number of likely N-dealkylation sites (tertiary alicyclic amines) is 1. The smallest absolute Gasteiger partial charge is 0.253 e. The molecule has 1 saturated heterocycles. The lowest BCUT2D eigenvalue weighted by atomic mass is 9.97. The SMILES string of the molecule is CSc1ccc(Cn2c3c(c4cc(C(=O)N5CCC(C)CC5)ccc42)C[N+]([O-])(C2CCCC2)CC3)cc1. The van der Waals surface area contributed by atoms with Crippen LogP contribution in [0.25, 0.3) is 10.9 Å². The number of quaternary nitrogens is 1. The van der Waals surface area contributed by atoms with Gasteiger partial charge in [0.1, 0.15) is 6.54 Å². The first-order valence-electron chi connectivity index (χ1n) is 14.1. The van der Waals surface area contributed by atoms with Gasteiger partial charge in [-0.1, -0.05) is 19.1 Å². The molecule has 1 atom stereocenters. The molecule has 0 radical (unpaired) electrons. The van der Waals surface area contributed by atoms with Crippen LogP contribution in [0.15, 0.2) is 47.4 Å². The molecule has 2 aromatic carbocycles. The van der Waals surface area contributed by atoms with Gasteiger partial charge in [-0.25, -0.2) is 0 Å². The molecule has 1 aliphatic carbocycles. The van der Waals surface area contributed by atoms with Crippen molar-refractivity contribution in [1.29, 1.82) is 0 Å². The molecule has 1 amide bonds. The van der Waals surface area contributed by atoms with Gasteiger partial charge in [-0.3, -0.25) is 4.79 Å². The Kier molecular flexibility index (Phi) is 6.85. The third-order valence-corrected chi connectivity index (χ3v) is 9.99. The second kappa shape index (κ2) is 10.1. The minimum Gasteiger partial charge on any atom is -0.632 e. The summed E-state index contributed by atoms with van der Waals surface area (Å²) in [7, 11) is 0. The number of aromatic nitrogens is 1. The summed E-state index contributed by atoms with van der Waals surface area (Å²) in [4.78, 5) is 16.7. The molecule has 0 N–H and O–H groups in total. The van der Waals surface area contributed by atoms with Gasteiger partial charge in [0.15, 0.2) is 0 Å². The highest BCUT2D eigenvalue weighted by Gasteiger charge is 2.37. The summed E-state index contributed by atoms with van der Waals surface area (Å²) >= 11 is 1.76. The van der Waals surface area contributed by atoms with E-state index in [4.69, 9.17) is 0 Å². The monoisotopic (exact) mass is 517 g/mol. The van der Waals surface area contributed by atoms with Crippen molar-refractivity contribution < 1.29 is 9.44 Å². The maximum Gasteiger partial charge on any atom is 0.253 e. The number of benzene rings is 2. The lowest BCUT2D eigenvalue weighted by molar-refractivity contribution is -0.919. The Hall–Kier alpha value is -2.28. The van der Waals surface area contributed by atoms with Gasteiger partial charge < -0.3 is 19.3 Å². The molecule has 37 heavy (non-hydrogen) atoms. The lowest BCUT2D eigenvalue weighted by Crippen LogP contribution is -2.52. The molecule has 3 heterocycles. The average Bonchev–Trinajstić information content (AvgIpc) is 3.57. The van der Waals surface area contributed by atoms with Gasteiger partial charge >= 0.3 is 0 Å². The zero-order valence-electron chi connectivity index (χ0n) is 22.2. The number of hydrogen-bond donors (Lipinski definition) is 0. The fourth-order valence-corrected chi connectivity index (χ4v) is 7.30. The van der Waals surface area contributed by atoms with E-state index in [1.807, 2.05) is 11.0 Å². The molecule has 1 aromatic heterocycles. The molecule has 0 bridgehead atoms. The first-order valence-corrected chi connectivity index (χ1v) is 15.3. The summed E-state index contributed by atoms with van der Waals surface area (Å²) in [6.07, 6.45) is 9.53. The van der Waals surface area contributed by atoms with Crippen LogP contribution in [0.5, 0.6) is 0 Å². The Morgan fingerprint density at radius 1 is 1.05 bits per heavy atom. The van der Waals surface area contributed by atoms with E-state index in [-0.39, 0.29) is 16.6 Å². The number of carbonyl (C=O) groups excluding carboxylic acids is 1. The number of piperidine rings is 1. The van der Waals surface area contributed by atoms with Crippen molar-refractivity contribution in [1.82, 2.24) is 9.47 Å². The number of rotatable bonds is 5. The molecule has 3 aliphatic rings. The summed E-state index contributed by atoms with van der Waals surface area (Å²) in [5.41, 5.74) is 5.67. The van der Waals surface area contributed by atoms with Crippen LogP contribution in [0, 0.1) is 11.1 Å². The van der Waals surface area contributed by atoms with Crippen molar-refractivity contribution in [2.45, 2.75) is 75.9 Å². The molecule has 0 spiro atoms. The fourth-order valence-electron chi connectivity index (χ4n) is 6.89. The molecule has 6 rings (SSSR count). The van der Waals surface area contributed by atoms with Crippen molar-refractivity contribution in [2.75, 3.05) is 25.9 Å². The van der Waals surface area contributed by atoms with Gasteiger partial charge in [0.2, 0.25) is 0 Å². The largest absolute Gasteiger partial charge is 0.632 e. The Bertz CT molecular complexity index is 1290. The quantitative estimate of drug-likeness (QED) is 0.218. The van der Waals surface area contributed by atoms with Gasteiger partial charge in [-0.15, -0.1) is 11.8 Å². The van der Waals surface area contributed by atoms with Crippen molar-refractivity contribution in [3.8, 4) is 0 Å². The van der Waals surface area contributed by atoms with Crippen LogP contribution in [0.1, 0.15) is 72.6 Å². The van der Waals surface area contributed by atoms with E-state index in [0.717, 1.165) is 68.2 Å². The lowest BCUT2D eigenvalue weighted by Gasteiger charge is -2.50. The second-order valence-corrected chi connectivity index (χ2v) is 12.5. The van der Waals surface area contributed by atoms with Gasteiger partial charge in [0.25, 0.3) is 5.91 Å². The predicted molar refractivity (Wildman–Crippen MR) is 152 cm³/mol. The van der Waals surface area contributed by atoms with E-state index in [9.17, 15) is 10.0 Å². The highest BCUT2D eigenvalue weighted by atomic mass is 32.2. The number of fused-ring (bicyclic) bond motifs is 3. The topological polar surface area (TPSA) is 48.3 Å². The van der Waals surface area contributed by atoms with Crippen LogP contribution < -0.4 is 0 Å². The second-order valence-electron chi connectivity index (χ2n) is 11.6. The molecule has 6 heteroatoms. The summed E-state index contributed by atoms with van der Waals surface area (Å²) < 4.78 is 2.34. The fraction of sp³-hybridized carbons (Fsp3) is 0.516. The van der Waals surface area contributed by atoms with E-state index in [2.05, 4.69) is 54.1 Å². The zero-order chi connectivity index (χ0) is 25.6. The zero-order valence-corrected chi connectivity index (χ0v) is 23.1. The van der Waals surface area contributed by atoms with Crippen LogP contribution in [-0.4, -0.2) is 52.0 Å². The van der Waals surface area contributed by atoms with Crippen LogP contribution >= 0.6 is 11.8 Å². The van der Waals surface area contributed by atoms with Gasteiger partial charge in [0, 0.05) is 58.7 Å². The van der Waals surface area contributed by atoms with Crippen LogP contribution in [0.3, 0.4) is 0 Å². The Morgan fingerprint density at radius 2 is 1.78 bits per heavy atom. The number of carbonyl (C=O) groups is 1. The number of nitrogens with zero attached hydrogens (tertiary/aromatic N) is 3. The number of thioether (sulfide) groups is 1. The van der Waals surface area contributed by atoms with Crippen LogP contribution in [-0.2, 0) is 19.5 Å². The number of amides is 1. The summed E-state index contributed by atoms with van der Waals surface area (Å²) in [5, 5.41) is 15.2. The number of hydrogen-bond acceptors (Lipinski definition) is 3. The standard InChI is InChI=1S/C31H39N3O2S/c1-22-13-16-32(17-14-22)31(35)24-9-12-29-27(19-24)28-21-34(36,25-5-3-4-6-25)18-15-30(28)33(29)20-23-7-10-26(37-2)11-8-23/h7-12,19,22,25H,3-6,13-18,20-21H2,1-2H3. The third kappa shape index (κ3) is 4.73. The van der Waals surface area contributed by atoms with Crippen molar-refractivity contribution in [2.24, 2.45) is 5.92 Å². The van der Waals surface area contributed by atoms with Crippen molar-refractivity contribution in [3.05, 3.63) is 70.1 Å². The average molecular weight is 518 g/mol. The van der Waals surface area contributed by atoms with Crippen LogP contribution in [0.4, 0.5) is 0 Å². The molecular formula is C31H39N3O2S. The Labute approximate surface area is 225 Å². The maximum atomic E-state index is 14.1. The summed E-state index contributed by atoms with van der Waals surface area (Å²) in [5.74, 6) is 0.827. The van der Waals surface area contributed by atoms with E-state index in [1.165, 1.54) is 34.6 Å². The molecule has 2 fully saturated rings. The summed E-state index contributed by atoms with van der Waals surface area (Å²) in [6.45, 7) is 5.94. The molecule has 2 aliphatic heterocycles. The van der Waals surface area contributed by atoms with Crippen LogP contribution in [0.2, 0.25) is 0 Å².